The lowest BCUT2D eigenvalue weighted by Crippen LogP contribution is -2.53. The zero-order valence-electron chi connectivity index (χ0n) is 18.5. The summed E-state index contributed by atoms with van der Waals surface area (Å²) < 4.78 is 53.8. The van der Waals surface area contributed by atoms with Crippen LogP contribution in [0, 0.1) is 18.6 Å². The molecule has 2 amide bonds. The Morgan fingerprint density at radius 3 is 2.27 bits per heavy atom. The van der Waals surface area contributed by atoms with Crippen molar-refractivity contribution in [2.24, 2.45) is 0 Å². The Kier molecular flexibility index (Phi) is 7.80. The number of nitrogens with one attached hydrogen (secondary N) is 2. The van der Waals surface area contributed by atoms with Crippen LogP contribution < -0.4 is 10.6 Å². The van der Waals surface area contributed by atoms with Crippen LogP contribution in [-0.2, 0) is 26.0 Å². The summed E-state index contributed by atoms with van der Waals surface area (Å²) in [6.07, 6.45) is 0.812. The molecule has 0 aliphatic carbocycles. The quantitative estimate of drug-likeness (QED) is 0.637. The van der Waals surface area contributed by atoms with E-state index in [0.717, 1.165) is 17.7 Å². The minimum absolute atomic E-state index is 0.0107. The number of hydrogen-bond acceptors (Lipinski definition) is 4. The van der Waals surface area contributed by atoms with Crippen molar-refractivity contribution in [3.63, 3.8) is 0 Å². The molecule has 2 N–H and O–H groups in total. The maximum Gasteiger partial charge on any atom is 0.243 e. The normalized spacial score (nSPS) is 16.2. The molecule has 3 rings (SSSR count). The summed E-state index contributed by atoms with van der Waals surface area (Å²) in [6.45, 7) is 3.63. The zero-order valence-corrected chi connectivity index (χ0v) is 19.3. The van der Waals surface area contributed by atoms with Crippen molar-refractivity contribution >= 4 is 21.8 Å². The second-order valence-corrected chi connectivity index (χ2v) is 10.1. The molecule has 1 fully saturated rings. The molecule has 0 saturated carbocycles. The average Bonchev–Trinajstić information content (AvgIpc) is 2.76. The van der Waals surface area contributed by atoms with E-state index in [2.05, 4.69) is 10.6 Å². The number of rotatable bonds is 7. The predicted molar refractivity (Wildman–Crippen MR) is 119 cm³/mol. The lowest BCUT2D eigenvalue weighted by atomic mass is 10.0. The first-order valence-corrected chi connectivity index (χ1v) is 12.1. The lowest BCUT2D eigenvalue weighted by molar-refractivity contribution is -0.128. The molecular weight excluding hydrogens is 452 g/mol. The maximum atomic E-state index is 13.5. The summed E-state index contributed by atoms with van der Waals surface area (Å²) in [7, 11) is -3.61. The van der Waals surface area contributed by atoms with Gasteiger partial charge in [0.05, 0.1) is 4.90 Å². The zero-order chi connectivity index (χ0) is 24.2. The van der Waals surface area contributed by atoms with Gasteiger partial charge in [-0.1, -0.05) is 23.8 Å². The predicted octanol–water partition coefficient (Wildman–Crippen LogP) is 2.29. The van der Waals surface area contributed by atoms with Crippen LogP contribution in [0.15, 0.2) is 47.4 Å². The Bertz CT molecular complexity index is 1120. The van der Waals surface area contributed by atoms with Crippen molar-refractivity contribution < 1.29 is 26.8 Å². The highest BCUT2D eigenvalue weighted by molar-refractivity contribution is 7.89. The fourth-order valence-electron chi connectivity index (χ4n) is 3.76. The molecule has 1 saturated heterocycles. The van der Waals surface area contributed by atoms with Gasteiger partial charge in [-0.2, -0.15) is 4.31 Å². The molecule has 0 radical (unpaired) electrons. The van der Waals surface area contributed by atoms with Gasteiger partial charge in [0.15, 0.2) is 11.6 Å². The van der Waals surface area contributed by atoms with Crippen LogP contribution in [0.25, 0.3) is 0 Å². The minimum atomic E-state index is -3.61. The third kappa shape index (κ3) is 6.35. The molecular formula is C23H27F2N3O4S. The SMILES string of the molecule is CC(=O)NC(Cc1ccc(F)c(F)c1)C(=O)NC1CCN(S(=O)(=O)c2ccc(C)cc2)CC1. The first-order valence-electron chi connectivity index (χ1n) is 10.6. The number of aryl methyl sites for hydroxylation is 1. The highest BCUT2D eigenvalue weighted by Crippen LogP contribution is 2.21. The molecule has 2 aromatic rings. The third-order valence-corrected chi connectivity index (χ3v) is 7.49. The Labute approximate surface area is 192 Å². The number of piperidine rings is 1. The van der Waals surface area contributed by atoms with Crippen LogP contribution in [0.4, 0.5) is 8.78 Å². The molecule has 0 spiro atoms. The van der Waals surface area contributed by atoms with E-state index in [1.807, 2.05) is 6.92 Å². The summed E-state index contributed by atoms with van der Waals surface area (Å²) in [5.74, 6) is -2.92. The fraction of sp³-hybridized carbons (Fsp3) is 0.391. The third-order valence-electron chi connectivity index (χ3n) is 5.58. The highest BCUT2D eigenvalue weighted by Gasteiger charge is 2.31. The summed E-state index contributed by atoms with van der Waals surface area (Å²) in [6, 6.07) is 8.72. The number of nitrogens with zero attached hydrogens (tertiary/aromatic N) is 1. The number of amides is 2. The van der Waals surface area contributed by atoms with Gasteiger partial charge in [0.25, 0.3) is 0 Å². The van der Waals surface area contributed by atoms with Crippen molar-refractivity contribution in [3.05, 3.63) is 65.2 Å². The van der Waals surface area contributed by atoms with Gasteiger partial charge in [-0.25, -0.2) is 17.2 Å². The van der Waals surface area contributed by atoms with E-state index in [1.165, 1.54) is 17.3 Å². The van der Waals surface area contributed by atoms with Crippen LogP contribution in [0.5, 0.6) is 0 Å². The molecule has 178 valence electrons. The van der Waals surface area contributed by atoms with Crippen LogP contribution in [-0.4, -0.2) is 49.7 Å². The van der Waals surface area contributed by atoms with Gasteiger partial charge in [0.2, 0.25) is 21.8 Å². The van der Waals surface area contributed by atoms with Gasteiger partial charge in [0.1, 0.15) is 6.04 Å². The van der Waals surface area contributed by atoms with Gasteiger partial charge in [-0.15, -0.1) is 0 Å². The van der Waals surface area contributed by atoms with E-state index in [0.29, 0.717) is 18.4 Å². The number of benzene rings is 2. The van der Waals surface area contributed by atoms with E-state index in [1.54, 1.807) is 24.3 Å². The number of sulfonamides is 1. The Morgan fingerprint density at radius 2 is 1.70 bits per heavy atom. The molecule has 2 aromatic carbocycles. The second kappa shape index (κ2) is 10.4. The first kappa shape index (κ1) is 24.8. The topological polar surface area (TPSA) is 95.6 Å². The van der Waals surface area contributed by atoms with E-state index in [-0.39, 0.29) is 30.4 Å². The van der Waals surface area contributed by atoms with Gasteiger partial charge < -0.3 is 10.6 Å². The van der Waals surface area contributed by atoms with Crippen LogP contribution in [0.2, 0.25) is 0 Å². The van der Waals surface area contributed by atoms with Gasteiger partial charge in [-0.05, 0) is 49.6 Å². The summed E-state index contributed by atoms with van der Waals surface area (Å²) >= 11 is 0. The molecule has 0 bridgehead atoms. The number of hydrogen-bond donors (Lipinski definition) is 2. The monoisotopic (exact) mass is 479 g/mol. The van der Waals surface area contributed by atoms with Crippen molar-refractivity contribution in [2.75, 3.05) is 13.1 Å². The summed E-state index contributed by atoms with van der Waals surface area (Å²) in [5, 5.41) is 5.38. The second-order valence-electron chi connectivity index (χ2n) is 8.21. The fourth-order valence-corrected chi connectivity index (χ4v) is 5.23. The van der Waals surface area contributed by atoms with Crippen molar-refractivity contribution in [1.82, 2.24) is 14.9 Å². The number of carbonyl (C=O) groups is 2. The molecule has 1 atom stereocenters. The largest absolute Gasteiger partial charge is 0.351 e. The number of halogens is 2. The van der Waals surface area contributed by atoms with Crippen molar-refractivity contribution in [3.8, 4) is 0 Å². The van der Waals surface area contributed by atoms with Crippen LogP contribution in [0.1, 0.15) is 30.9 Å². The molecule has 33 heavy (non-hydrogen) atoms. The van der Waals surface area contributed by atoms with Gasteiger partial charge in [0, 0.05) is 32.5 Å². The first-order chi connectivity index (χ1) is 15.6. The molecule has 1 unspecified atom stereocenters. The Morgan fingerprint density at radius 1 is 1.06 bits per heavy atom. The van der Waals surface area contributed by atoms with E-state index < -0.39 is 39.5 Å². The molecule has 10 heteroatoms. The van der Waals surface area contributed by atoms with Crippen LogP contribution in [0.3, 0.4) is 0 Å². The molecule has 1 aliphatic rings. The van der Waals surface area contributed by atoms with E-state index >= 15 is 0 Å². The van der Waals surface area contributed by atoms with Crippen molar-refractivity contribution in [2.45, 2.75) is 50.1 Å². The minimum Gasteiger partial charge on any atom is -0.351 e. The molecule has 1 heterocycles. The Balaban J connectivity index is 1.61. The Hall–Kier alpha value is -2.85. The molecule has 1 aliphatic heterocycles. The van der Waals surface area contributed by atoms with Gasteiger partial charge >= 0.3 is 0 Å². The lowest BCUT2D eigenvalue weighted by Gasteiger charge is -2.32. The summed E-state index contributed by atoms with van der Waals surface area (Å²) in [5.41, 5.74) is 1.33. The highest BCUT2D eigenvalue weighted by atomic mass is 32.2. The molecule has 7 nitrogen and oxygen atoms in total. The maximum absolute atomic E-state index is 13.5. The summed E-state index contributed by atoms with van der Waals surface area (Å²) in [4.78, 5) is 24.6. The van der Waals surface area contributed by atoms with Crippen LogP contribution >= 0.6 is 0 Å². The standard InChI is InChI=1S/C23H27F2N3O4S/c1-15-3-6-19(7-4-15)33(31,32)28-11-9-18(10-12-28)27-23(30)22(26-16(2)29)14-17-5-8-20(24)21(25)13-17/h3-8,13,18,22H,9-12,14H2,1-2H3,(H,26,29)(H,27,30). The molecule has 0 aromatic heterocycles. The van der Waals surface area contributed by atoms with E-state index in [9.17, 15) is 26.8 Å². The van der Waals surface area contributed by atoms with Gasteiger partial charge in [-0.3, -0.25) is 9.59 Å². The number of carbonyl (C=O) groups excluding carboxylic acids is 2. The van der Waals surface area contributed by atoms with E-state index in [4.69, 9.17) is 0 Å². The van der Waals surface area contributed by atoms with Crippen molar-refractivity contribution in [1.29, 1.82) is 0 Å². The average molecular weight is 480 g/mol. The smallest absolute Gasteiger partial charge is 0.243 e.